The van der Waals surface area contributed by atoms with Crippen molar-refractivity contribution in [1.82, 2.24) is 5.32 Å². The number of nitrogens with zero attached hydrogens (tertiary/aromatic N) is 1. The van der Waals surface area contributed by atoms with Crippen molar-refractivity contribution in [3.8, 4) is 5.75 Å². The van der Waals surface area contributed by atoms with Gasteiger partial charge in [-0.3, -0.25) is 20.2 Å². The van der Waals surface area contributed by atoms with E-state index in [1.54, 1.807) is 12.1 Å². The van der Waals surface area contributed by atoms with E-state index < -0.39 is 34.1 Å². The Morgan fingerprint density at radius 1 is 0.968 bits per heavy atom. The first kappa shape index (κ1) is 21.4. The van der Waals surface area contributed by atoms with Crippen LogP contribution < -0.4 is 15.4 Å². The summed E-state index contributed by atoms with van der Waals surface area (Å²) in [6, 6.07) is 14.0. The Kier molecular flexibility index (Phi) is 6.51. The molecule has 3 rings (SSSR count). The maximum Gasteiger partial charge on any atom is 0.326 e. The molecular formula is C21H15F2N3O5. The van der Waals surface area contributed by atoms with Crippen molar-refractivity contribution in [2.75, 3.05) is 5.32 Å². The second kappa shape index (κ2) is 9.44. The SMILES string of the molecule is O=C(NC(=O)c1c(F)cccc1F)Nc1ccc(OCc2cccc([N+](=O)[O-])c2)cc1. The minimum atomic E-state index is -1.22. The molecule has 8 nitrogen and oxygen atoms in total. The summed E-state index contributed by atoms with van der Waals surface area (Å²) in [6.45, 7) is 0.0949. The maximum absolute atomic E-state index is 13.6. The average Bonchev–Trinajstić information content (AvgIpc) is 2.73. The van der Waals surface area contributed by atoms with Crippen molar-refractivity contribution in [3.05, 3.63) is 99.6 Å². The Morgan fingerprint density at radius 2 is 1.61 bits per heavy atom. The number of nitrogens with one attached hydrogen (secondary N) is 2. The molecule has 31 heavy (non-hydrogen) atoms. The Morgan fingerprint density at radius 3 is 2.26 bits per heavy atom. The van der Waals surface area contributed by atoms with Gasteiger partial charge in [-0.25, -0.2) is 13.6 Å². The van der Waals surface area contributed by atoms with Gasteiger partial charge in [-0.2, -0.15) is 0 Å². The number of ether oxygens (including phenoxy) is 1. The second-order valence-electron chi connectivity index (χ2n) is 6.24. The van der Waals surface area contributed by atoms with Crippen molar-refractivity contribution in [3.63, 3.8) is 0 Å². The summed E-state index contributed by atoms with van der Waals surface area (Å²) in [5.74, 6) is -2.96. The fourth-order valence-electron chi connectivity index (χ4n) is 2.60. The number of benzene rings is 3. The zero-order valence-corrected chi connectivity index (χ0v) is 15.8. The van der Waals surface area contributed by atoms with E-state index in [2.05, 4.69) is 5.32 Å². The van der Waals surface area contributed by atoms with Gasteiger partial charge in [0.05, 0.1) is 4.92 Å². The number of halogens is 2. The number of imide groups is 1. The van der Waals surface area contributed by atoms with Gasteiger partial charge in [0.25, 0.3) is 11.6 Å². The van der Waals surface area contributed by atoms with Crippen molar-refractivity contribution < 1.29 is 28.0 Å². The van der Waals surface area contributed by atoms with Crippen LogP contribution in [0.2, 0.25) is 0 Å². The molecule has 3 amide bonds. The summed E-state index contributed by atoms with van der Waals surface area (Å²) in [4.78, 5) is 34.1. The van der Waals surface area contributed by atoms with Gasteiger partial charge in [-0.15, -0.1) is 0 Å². The van der Waals surface area contributed by atoms with Crippen LogP contribution in [-0.4, -0.2) is 16.9 Å². The first-order chi connectivity index (χ1) is 14.8. The lowest BCUT2D eigenvalue weighted by Crippen LogP contribution is -2.35. The maximum atomic E-state index is 13.6. The van der Waals surface area contributed by atoms with E-state index in [0.717, 1.165) is 18.2 Å². The number of urea groups is 1. The molecule has 0 aromatic heterocycles. The number of nitro groups is 1. The van der Waals surface area contributed by atoms with Crippen LogP contribution in [0.4, 0.5) is 25.0 Å². The highest BCUT2D eigenvalue weighted by molar-refractivity contribution is 6.08. The summed E-state index contributed by atoms with van der Waals surface area (Å²) in [7, 11) is 0. The van der Waals surface area contributed by atoms with E-state index in [-0.39, 0.29) is 12.3 Å². The third kappa shape index (κ3) is 5.60. The number of nitro benzene ring substituents is 1. The molecule has 0 saturated carbocycles. The largest absolute Gasteiger partial charge is 0.489 e. The normalized spacial score (nSPS) is 10.3. The quantitative estimate of drug-likeness (QED) is 0.447. The molecule has 2 N–H and O–H groups in total. The van der Waals surface area contributed by atoms with Crippen LogP contribution in [0.1, 0.15) is 15.9 Å². The molecular weight excluding hydrogens is 412 g/mol. The zero-order valence-electron chi connectivity index (χ0n) is 15.8. The number of non-ortho nitro benzene ring substituents is 1. The molecule has 0 aliphatic rings. The van der Waals surface area contributed by atoms with Crippen LogP contribution in [-0.2, 0) is 6.61 Å². The molecule has 0 radical (unpaired) electrons. The summed E-state index contributed by atoms with van der Waals surface area (Å²) in [5, 5.41) is 15.0. The topological polar surface area (TPSA) is 111 Å². The van der Waals surface area contributed by atoms with E-state index >= 15 is 0 Å². The number of carbonyl (C=O) groups excluding carboxylic acids is 2. The standard InChI is InChI=1S/C21H15F2N3O5/c22-17-5-2-6-18(23)19(17)20(27)25-21(28)24-14-7-9-16(10-8-14)31-12-13-3-1-4-15(11-13)26(29)30/h1-11H,12H2,(H2,24,25,27,28). The minimum absolute atomic E-state index is 0.0449. The Hall–Kier alpha value is -4.34. The monoisotopic (exact) mass is 427 g/mol. The van der Waals surface area contributed by atoms with Crippen molar-refractivity contribution in [2.24, 2.45) is 0 Å². The smallest absolute Gasteiger partial charge is 0.326 e. The minimum Gasteiger partial charge on any atom is -0.489 e. The zero-order chi connectivity index (χ0) is 22.4. The van der Waals surface area contributed by atoms with Crippen LogP contribution in [0.15, 0.2) is 66.7 Å². The third-order valence-electron chi connectivity index (χ3n) is 4.06. The van der Waals surface area contributed by atoms with Crippen LogP contribution in [0, 0.1) is 21.7 Å². The van der Waals surface area contributed by atoms with Crippen LogP contribution in [0.25, 0.3) is 0 Å². The number of amides is 3. The van der Waals surface area contributed by atoms with Gasteiger partial charge in [0.2, 0.25) is 0 Å². The molecule has 158 valence electrons. The van der Waals surface area contributed by atoms with Crippen molar-refractivity contribution in [1.29, 1.82) is 0 Å². The highest BCUT2D eigenvalue weighted by Gasteiger charge is 2.19. The summed E-state index contributed by atoms with van der Waals surface area (Å²) >= 11 is 0. The summed E-state index contributed by atoms with van der Waals surface area (Å²) in [6.07, 6.45) is 0. The van der Waals surface area contributed by atoms with Gasteiger partial charge in [-0.1, -0.05) is 18.2 Å². The second-order valence-corrected chi connectivity index (χ2v) is 6.24. The van der Waals surface area contributed by atoms with E-state index in [1.165, 1.54) is 36.4 Å². The van der Waals surface area contributed by atoms with Gasteiger partial charge in [0.1, 0.15) is 29.6 Å². The van der Waals surface area contributed by atoms with Crippen molar-refractivity contribution >= 4 is 23.3 Å². The fraction of sp³-hybridized carbons (Fsp3) is 0.0476. The molecule has 10 heteroatoms. The third-order valence-corrected chi connectivity index (χ3v) is 4.06. The molecule has 0 atom stereocenters. The first-order valence-corrected chi connectivity index (χ1v) is 8.86. The number of anilines is 1. The predicted octanol–water partition coefficient (Wildman–Crippen LogP) is 4.41. The molecule has 0 spiro atoms. The van der Waals surface area contributed by atoms with E-state index in [9.17, 15) is 28.5 Å². The predicted molar refractivity (Wildman–Crippen MR) is 107 cm³/mol. The fourth-order valence-corrected chi connectivity index (χ4v) is 2.60. The molecule has 0 bridgehead atoms. The van der Waals surface area contributed by atoms with E-state index in [4.69, 9.17) is 4.74 Å². The van der Waals surface area contributed by atoms with Gasteiger partial charge in [0.15, 0.2) is 0 Å². The molecule has 3 aromatic rings. The van der Waals surface area contributed by atoms with Gasteiger partial charge in [-0.05, 0) is 42.0 Å². The Bertz CT molecular complexity index is 1120. The number of carbonyl (C=O) groups is 2. The van der Waals surface area contributed by atoms with Gasteiger partial charge >= 0.3 is 6.03 Å². The lowest BCUT2D eigenvalue weighted by Gasteiger charge is -2.10. The summed E-state index contributed by atoms with van der Waals surface area (Å²) < 4.78 is 32.7. The molecule has 0 saturated heterocycles. The Balaban J connectivity index is 1.55. The number of hydrogen-bond acceptors (Lipinski definition) is 5. The van der Waals surface area contributed by atoms with E-state index in [1.807, 2.05) is 5.32 Å². The van der Waals surface area contributed by atoms with Crippen LogP contribution in [0.5, 0.6) is 5.75 Å². The number of rotatable bonds is 6. The van der Waals surface area contributed by atoms with Crippen LogP contribution >= 0.6 is 0 Å². The molecule has 0 aliphatic heterocycles. The van der Waals surface area contributed by atoms with Crippen molar-refractivity contribution in [2.45, 2.75) is 6.61 Å². The molecule has 0 heterocycles. The van der Waals surface area contributed by atoms with Crippen LogP contribution in [0.3, 0.4) is 0 Å². The van der Waals surface area contributed by atoms with Gasteiger partial charge < -0.3 is 10.1 Å². The molecule has 0 fully saturated rings. The lowest BCUT2D eigenvalue weighted by molar-refractivity contribution is -0.384. The average molecular weight is 427 g/mol. The molecule has 3 aromatic carbocycles. The highest BCUT2D eigenvalue weighted by atomic mass is 19.1. The lowest BCUT2D eigenvalue weighted by atomic mass is 10.2. The summed E-state index contributed by atoms with van der Waals surface area (Å²) in [5.41, 5.74) is -0.00399. The van der Waals surface area contributed by atoms with Gasteiger partial charge in [0, 0.05) is 17.8 Å². The first-order valence-electron chi connectivity index (χ1n) is 8.86. The highest BCUT2D eigenvalue weighted by Crippen LogP contribution is 2.19. The number of hydrogen-bond donors (Lipinski definition) is 2. The van der Waals surface area contributed by atoms with E-state index in [0.29, 0.717) is 17.0 Å². The Labute approximate surface area is 174 Å². The molecule has 0 aliphatic carbocycles. The molecule has 0 unspecified atom stereocenters.